The van der Waals surface area contributed by atoms with E-state index < -0.39 is 5.97 Å². The van der Waals surface area contributed by atoms with E-state index in [1.165, 1.54) is 11.3 Å². The Labute approximate surface area is 149 Å². The molecule has 126 valence electrons. The molecule has 0 aliphatic heterocycles. The van der Waals surface area contributed by atoms with Crippen LogP contribution in [0.25, 0.3) is 0 Å². The number of aromatic carboxylic acids is 1. The Morgan fingerprint density at radius 1 is 0.960 bits per heavy atom. The summed E-state index contributed by atoms with van der Waals surface area (Å²) in [7, 11) is 0. The summed E-state index contributed by atoms with van der Waals surface area (Å²) in [6.45, 7) is 3.63. The van der Waals surface area contributed by atoms with Gasteiger partial charge in [0.15, 0.2) is 0 Å². The van der Waals surface area contributed by atoms with Crippen molar-refractivity contribution in [2.24, 2.45) is 0 Å². The smallest absolute Gasteiger partial charge is 0.339 e. The number of aryl methyl sites for hydroxylation is 1. The van der Waals surface area contributed by atoms with Crippen LogP contribution in [0.15, 0.2) is 54.6 Å². The van der Waals surface area contributed by atoms with E-state index in [1.807, 2.05) is 49.4 Å². The van der Waals surface area contributed by atoms with Gasteiger partial charge in [-0.1, -0.05) is 48.0 Å². The van der Waals surface area contributed by atoms with Crippen molar-refractivity contribution in [3.8, 4) is 0 Å². The number of carbonyl (C=O) groups excluding carboxylic acids is 1. The van der Waals surface area contributed by atoms with E-state index in [9.17, 15) is 14.7 Å². The number of benzene rings is 2. The average molecular weight is 351 g/mol. The zero-order valence-electron chi connectivity index (χ0n) is 13.9. The van der Waals surface area contributed by atoms with Gasteiger partial charge in [-0.15, -0.1) is 11.3 Å². The lowest BCUT2D eigenvalue weighted by molar-refractivity contribution is 0.0697. The van der Waals surface area contributed by atoms with Crippen LogP contribution in [0.1, 0.15) is 36.7 Å². The quantitative estimate of drug-likeness (QED) is 0.632. The van der Waals surface area contributed by atoms with Gasteiger partial charge in [-0.05, 0) is 31.5 Å². The molecule has 3 aromatic rings. The number of thiophene rings is 1. The number of carbonyl (C=O) groups is 2. The number of para-hydroxylation sites is 1. The monoisotopic (exact) mass is 351 g/mol. The van der Waals surface area contributed by atoms with Gasteiger partial charge in [0.1, 0.15) is 5.00 Å². The molecule has 0 atom stereocenters. The Kier molecular flexibility index (Phi) is 4.67. The van der Waals surface area contributed by atoms with E-state index in [0.717, 1.165) is 11.3 Å². The number of hydrogen-bond donors (Lipinski definition) is 2. The van der Waals surface area contributed by atoms with Crippen LogP contribution in [-0.4, -0.2) is 16.9 Å². The highest BCUT2D eigenvalue weighted by molar-refractivity contribution is 7.18. The summed E-state index contributed by atoms with van der Waals surface area (Å²) in [5, 5.41) is 13.2. The molecule has 2 aromatic carbocycles. The van der Waals surface area contributed by atoms with Gasteiger partial charge < -0.3 is 10.4 Å². The van der Waals surface area contributed by atoms with Crippen LogP contribution >= 0.6 is 11.3 Å². The molecule has 4 nitrogen and oxygen atoms in total. The molecule has 3 rings (SSSR count). The first-order chi connectivity index (χ1) is 12.0. The highest BCUT2D eigenvalue weighted by Crippen LogP contribution is 2.36. The lowest BCUT2D eigenvalue weighted by Gasteiger charge is -2.04. The Morgan fingerprint density at radius 3 is 2.20 bits per heavy atom. The first-order valence-electron chi connectivity index (χ1n) is 7.77. The van der Waals surface area contributed by atoms with Crippen molar-refractivity contribution in [2.75, 3.05) is 5.32 Å². The molecular weight excluding hydrogens is 334 g/mol. The van der Waals surface area contributed by atoms with Crippen LogP contribution in [0.3, 0.4) is 0 Å². The van der Waals surface area contributed by atoms with Crippen molar-refractivity contribution in [3.63, 3.8) is 0 Å². The Balaban J connectivity index is 2.03. The Hall–Kier alpha value is -2.92. The van der Waals surface area contributed by atoms with Gasteiger partial charge in [0.2, 0.25) is 5.78 Å². The number of carboxylic acids is 1. The predicted octanol–water partition coefficient (Wildman–Crippen LogP) is 5.04. The third kappa shape index (κ3) is 3.46. The molecule has 2 N–H and O–H groups in total. The van der Waals surface area contributed by atoms with E-state index >= 15 is 0 Å². The number of hydrogen-bond acceptors (Lipinski definition) is 4. The van der Waals surface area contributed by atoms with Crippen molar-refractivity contribution in [2.45, 2.75) is 13.8 Å². The Bertz CT molecular complexity index is 928. The molecule has 1 heterocycles. The molecule has 0 aliphatic carbocycles. The zero-order chi connectivity index (χ0) is 18.0. The van der Waals surface area contributed by atoms with Crippen LogP contribution in [0.2, 0.25) is 0 Å². The van der Waals surface area contributed by atoms with Gasteiger partial charge >= 0.3 is 5.97 Å². The van der Waals surface area contributed by atoms with Gasteiger partial charge in [-0.25, -0.2) is 4.79 Å². The van der Waals surface area contributed by atoms with E-state index in [-0.39, 0.29) is 11.3 Å². The molecule has 0 saturated heterocycles. The second kappa shape index (κ2) is 6.91. The van der Waals surface area contributed by atoms with Crippen molar-refractivity contribution < 1.29 is 14.7 Å². The number of anilines is 2. The molecule has 0 bridgehead atoms. The SMILES string of the molecule is Cc1ccc(C(=O)c2sc(Nc3ccccc3)c(C(=O)O)c2C)cc1. The van der Waals surface area contributed by atoms with E-state index in [0.29, 0.717) is 21.0 Å². The van der Waals surface area contributed by atoms with Gasteiger partial charge in [0.05, 0.1) is 10.4 Å². The number of rotatable bonds is 5. The second-order valence-electron chi connectivity index (χ2n) is 5.75. The van der Waals surface area contributed by atoms with E-state index in [1.54, 1.807) is 19.1 Å². The lowest BCUT2D eigenvalue weighted by Crippen LogP contribution is -2.04. The van der Waals surface area contributed by atoms with Gasteiger partial charge in [-0.3, -0.25) is 4.79 Å². The average Bonchev–Trinajstić information content (AvgIpc) is 2.92. The molecule has 0 radical (unpaired) electrons. The van der Waals surface area contributed by atoms with Crippen molar-refractivity contribution in [1.82, 2.24) is 0 Å². The maximum Gasteiger partial charge on any atom is 0.339 e. The maximum absolute atomic E-state index is 12.8. The van der Waals surface area contributed by atoms with Gasteiger partial charge in [-0.2, -0.15) is 0 Å². The van der Waals surface area contributed by atoms with Crippen LogP contribution in [-0.2, 0) is 0 Å². The minimum atomic E-state index is -1.05. The molecule has 0 amide bonds. The number of nitrogens with one attached hydrogen (secondary N) is 1. The summed E-state index contributed by atoms with van der Waals surface area (Å²) in [5.74, 6) is -1.21. The fourth-order valence-corrected chi connectivity index (χ4v) is 3.75. The fourth-order valence-electron chi connectivity index (χ4n) is 2.56. The van der Waals surface area contributed by atoms with E-state index in [4.69, 9.17) is 0 Å². The van der Waals surface area contributed by atoms with Gasteiger partial charge in [0, 0.05) is 11.3 Å². The lowest BCUT2D eigenvalue weighted by atomic mass is 10.0. The van der Waals surface area contributed by atoms with Crippen LogP contribution in [0, 0.1) is 13.8 Å². The van der Waals surface area contributed by atoms with Crippen LogP contribution < -0.4 is 5.32 Å². The third-order valence-corrected chi connectivity index (χ3v) is 5.12. The predicted molar refractivity (Wildman–Crippen MR) is 100 cm³/mol. The molecule has 0 unspecified atom stereocenters. The molecule has 0 aliphatic rings. The second-order valence-corrected chi connectivity index (χ2v) is 6.77. The highest BCUT2D eigenvalue weighted by atomic mass is 32.1. The Morgan fingerprint density at radius 2 is 1.60 bits per heavy atom. The third-order valence-electron chi connectivity index (χ3n) is 3.91. The van der Waals surface area contributed by atoms with Crippen LogP contribution in [0.5, 0.6) is 0 Å². The highest BCUT2D eigenvalue weighted by Gasteiger charge is 2.25. The van der Waals surface area contributed by atoms with Crippen molar-refractivity contribution in [1.29, 1.82) is 0 Å². The normalized spacial score (nSPS) is 10.5. The molecule has 1 aromatic heterocycles. The maximum atomic E-state index is 12.8. The summed E-state index contributed by atoms with van der Waals surface area (Å²) >= 11 is 1.17. The number of ketones is 1. The zero-order valence-corrected chi connectivity index (χ0v) is 14.7. The largest absolute Gasteiger partial charge is 0.478 e. The van der Waals surface area contributed by atoms with E-state index in [2.05, 4.69) is 5.32 Å². The molecule has 0 fully saturated rings. The topological polar surface area (TPSA) is 66.4 Å². The fraction of sp³-hybridized carbons (Fsp3) is 0.100. The molecule has 0 spiro atoms. The van der Waals surface area contributed by atoms with Gasteiger partial charge in [0.25, 0.3) is 0 Å². The minimum absolute atomic E-state index is 0.143. The van der Waals surface area contributed by atoms with Crippen LogP contribution in [0.4, 0.5) is 10.7 Å². The summed E-state index contributed by atoms with van der Waals surface area (Å²) in [5.41, 5.74) is 3.03. The summed E-state index contributed by atoms with van der Waals surface area (Å²) < 4.78 is 0. The summed E-state index contributed by atoms with van der Waals surface area (Å²) in [6, 6.07) is 16.6. The minimum Gasteiger partial charge on any atom is -0.478 e. The molecular formula is C20H17NO3S. The summed E-state index contributed by atoms with van der Waals surface area (Å²) in [4.78, 5) is 25.0. The molecule has 5 heteroatoms. The first-order valence-corrected chi connectivity index (χ1v) is 8.59. The van der Waals surface area contributed by atoms with Crippen molar-refractivity contribution >= 4 is 33.8 Å². The first kappa shape index (κ1) is 16.9. The molecule has 25 heavy (non-hydrogen) atoms. The molecule has 0 saturated carbocycles. The standard InChI is InChI=1S/C20H17NO3S/c1-12-8-10-14(11-9-12)17(22)18-13(2)16(20(23)24)19(25-18)21-15-6-4-3-5-7-15/h3-11,21H,1-2H3,(H,23,24). The van der Waals surface area contributed by atoms with Crippen molar-refractivity contribution in [3.05, 3.63) is 81.7 Å². The summed E-state index contributed by atoms with van der Waals surface area (Å²) in [6.07, 6.45) is 0. The number of carboxylic acid groups (broad SMARTS) is 1.